The molecule has 1 aliphatic heterocycles. The summed E-state index contributed by atoms with van der Waals surface area (Å²) in [5.41, 5.74) is 0. The van der Waals surface area contributed by atoms with Crippen molar-refractivity contribution in [2.75, 3.05) is 13.2 Å². The average molecular weight is 254 g/mol. The van der Waals surface area contributed by atoms with Crippen LogP contribution in [0, 0.1) is 0 Å². The predicted octanol–water partition coefficient (Wildman–Crippen LogP) is 1.61. The molecule has 1 aliphatic rings. The first-order valence-electron chi connectivity index (χ1n) is 4.20. The average Bonchev–Trinajstić information content (AvgIpc) is 2.47. The van der Waals surface area contributed by atoms with Crippen LogP contribution in [0.1, 0.15) is 6.42 Å². The lowest BCUT2D eigenvalue weighted by molar-refractivity contribution is -0.443. The van der Waals surface area contributed by atoms with E-state index in [1.807, 2.05) is 0 Å². The molecule has 1 unspecified atom stereocenters. The van der Waals surface area contributed by atoms with E-state index in [1.54, 1.807) is 0 Å². The van der Waals surface area contributed by atoms with Gasteiger partial charge in [-0.3, -0.25) is 0 Å². The molecule has 1 rings (SSSR count). The van der Waals surface area contributed by atoms with Crippen molar-refractivity contribution in [3.63, 3.8) is 0 Å². The van der Waals surface area contributed by atoms with E-state index in [0.717, 1.165) is 0 Å². The van der Waals surface area contributed by atoms with E-state index in [1.165, 1.54) is 0 Å². The fourth-order valence-electron chi connectivity index (χ4n) is 1.26. The molecular formula is C7H8F6O3. The second kappa shape index (κ2) is 4.04. The molecule has 0 amide bonds. The molecular weight excluding hydrogens is 246 g/mol. The van der Waals surface area contributed by atoms with E-state index in [9.17, 15) is 26.3 Å². The van der Waals surface area contributed by atoms with Crippen LogP contribution >= 0.6 is 0 Å². The summed E-state index contributed by atoms with van der Waals surface area (Å²) in [4.78, 5) is 0. The van der Waals surface area contributed by atoms with Crippen LogP contribution in [-0.4, -0.2) is 42.6 Å². The molecule has 1 heterocycles. The Morgan fingerprint density at radius 3 is 1.94 bits per heavy atom. The van der Waals surface area contributed by atoms with Crippen LogP contribution in [0.15, 0.2) is 0 Å². The van der Waals surface area contributed by atoms with Gasteiger partial charge >= 0.3 is 18.1 Å². The Morgan fingerprint density at radius 1 is 1.12 bits per heavy atom. The maximum Gasteiger partial charge on any atom is 0.453 e. The van der Waals surface area contributed by atoms with Gasteiger partial charge in [0, 0.05) is 6.61 Å². The molecule has 0 aromatic carbocycles. The molecule has 16 heavy (non-hydrogen) atoms. The Labute approximate surface area is 85.9 Å². The Hall–Kier alpha value is -0.540. The maximum atomic E-state index is 12.3. The zero-order valence-corrected chi connectivity index (χ0v) is 7.73. The summed E-state index contributed by atoms with van der Waals surface area (Å²) in [6.45, 7) is -1.45. The number of aliphatic hydroxyl groups excluding tert-OH is 1. The van der Waals surface area contributed by atoms with Gasteiger partial charge in [-0.05, 0) is 6.42 Å². The van der Waals surface area contributed by atoms with Gasteiger partial charge in [0.2, 0.25) is 0 Å². The number of alkyl halides is 6. The van der Waals surface area contributed by atoms with Crippen molar-refractivity contribution in [1.82, 2.24) is 0 Å². The highest BCUT2D eigenvalue weighted by Crippen LogP contribution is 2.50. The van der Waals surface area contributed by atoms with Gasteiger partial charge in [0.05, 0.1) is 12.7 Å². The molecule has 1 N–H and O–H groups in total. The summed E-state index contributed by atoms with van der Waals surface area (Å²) >= 11 is 0. The van der Waals surface area contributed by atoms with Gasteiger partial charge in [-0.15, -0.1) is 0 Å². The Balaban J connectivity index is 2.93. The molecule has 9 heteroatoms. The maximum absolute atomic E-state index is 12.3. The topological polar surface area (TPSA) is 38.7 Å². The molecule has 96 valence electrons. The number of hydrogen-bond acceptors (Lipinski definition) is 3. The number of hydrogen-bond donors (Lipinski definition) is 1. The van der Waals surface area contributed by atoms with Crippen LogP contribution in [0.3, 0.4) is 0 Å². The van der Waals surface area contributed by atoms with Crippen molar-refractivity contribution >= 4 is 0 Å². The van der Waals surface area contributed by atoms with Crippen LogP contribution in [0.25, 0.3) is 0 Å². The number of ether oxygens (including phenoxy) is 2. The SMILES string of the molecule is OCCC1COC(C(F)(F)F)(C(F)(F)F)O1. The number of rotatable bonds is 2. The zero-order chi connectivity index (χ0) is 12.6. The molecule has 0 bridgehead atoms. The largest absolute Gasteiger partial charge is 0.453 e. The van der Waals surface area contributed by atoms with Gasteiger partial charge in [-0.25, -0.2) is 0 Å². The second-order valence-electron chi connectivity index (χ2n) is 3.18. The summed E-state index contributed by atoms with van der Waals surface area (Å²) in [6.07, 6.45) is -13.2. The fourth-order valence-corrected chi connectivity index (χ4v) is 1.26. The minimum absolute atomic E-state index is 0.353. The van der Waals surface area contributed by atoms with E-state index in [0.29, 0.717) is 0 Å². The molecule has 1 saturated heterocycles. The van der Waals surface area contributed by atoms with Crippen molar-refractivity contribution in [3.8, 4) is 0 Å². The van der Waals surface area contributed by atoms with Crippen molar-refractivity contribution in [3.05, 3.63) is 0 Å². The quantitative estimate of drug-likeness (QED) is 0.761. The molecule has 0 aliphatic carbocycles. The van der Waals surface area contributed by atoms with Crippen molar-refractivity contribution in [2.45, 2.75) is 30.7 Å². The predicted molar refractivity (Wildman–Crippen MR) is 37.4 cm³/mol. The van der Waals surface area contributed by atoms with Crippen molar-refractivity contribution < 1.29 is 40.9 Å². The summed E-state index contributed by atoms with van der Waals surface area (Å²) < 4.78 is 81.4. The first kappa shape index (κ1) is 13.5. The molecule has 0 saturated carbocycles. The number of aliphatic hydroxyl groups is 1. The van der Waals surface area contributed by atoms with Crippen molar-refractivity contribution in [1.29, 1.82) is 0 Å². The third-order valence-electron chi connectivity index (χ3n) is 2.00. The van der Waals surface area contributed by atoms with Crippen molar-refractivity contribution in [2.24, 2.45) is 0 Å². The summed E-state index contributed by atoms with van der Waals surface area (Å²) in [5.74, 6) is -4.57. The van der Waals surface area contributed by atoms with Crippen LogP contribution in [-0.2, 0) is 9.47 Å². The smallest absolute Gasteiger partial charge is 0.396 e. The Kier molecular flexibility index (Phi) is 3.42. The molecule has 1 atom stereocenters. The second-order valence-corrected chi connectivity index (χ2v) is 3.18. The fraction of sp³-hybridized carbons (Fsp3) is 1.00. The van der Waals surface area contributed by atoms with Crippen LogP contribution in [0.5, 0.6) is 0 Å². The summed E-state index contributed by atoms with van der Waals surface area (Å²) in [6, 6.07) is 0. The van der Waals surface area contributed by atoms with E-state index in [4.69, 9.17) is 5.11 Å². The van der Waals surface area contributed by atoms with Crippen LogP contribution in [0.4, 0.5) is 26.3 Å². The van der Waals surface area contributed by atoms with Gasteiger partial charge in [0.25, 0.3) is 0 Å². The highest BCUT2D eigenvalue weighted by atomic mass is 19.4. The molecule has 1 fully saturated rings. The lowest BCUT2D eigenvalue weighted by Crippen LogP contribution is -2.58. The van der Waals surface area contributed by atoms with E-state index < -0.39 is 37.5 Å². The van der Waals surface area contributed by atoms with Gasteiger partial charge in [-0.1, -0.05) is 0 Å². The standard InChI is InChI=1S/C7H8F6O3/c8-6(9,10)5(7(11,12)13)15-3-4(16-5)1-2-14/h4,14H,1-3H2. The Bertz CT molecular complexity index is 233. The monoisotopic (exact) mass is 254 g/mol. The molecule has 0 aromatic rings. The van der Waals surface area contributed by atoms with Gasteiger partial charge in [0.1, 0.15) is 0 Å². The molecule has 3 nitrogen and oxygen atoms in total. The van der Waals surface area contributed by atoms with Crippen LogP contribution in [0.2, 0.25) is 0 Å². The first-order valence-corrected chi connectivity index (χ1v) is 4.20. The van der Waals surface area contributed by atoms with Gasteiger partial charge in [-0.2, -0.15) is 26.3 Å². The van der Waals surface area contributed by atoms with E-state index >= 15 is 0 Å². The molecule has 0 radical (unpaired) electrons. The minimum atomic E-state index is -5.71. The Morgan fingerprint density at radius 2 is 1.62 bits per heavy atom. The zero-order valence-electron chi connectivity index (χ0n) is 7.73. The highest BCUT2D eigenvalue weighted by Gasteiger charge is 2.77. The van der Waals surface area contributed by atoms with Gasteiger partial charge in [0.15, 0.2) is 0 Å². The van der Waals surface area contributed by atoms with E-state index in [2.05, 4.69) is 9.47 Å². The van der Waals surface area contributed by atoms with Crippen LogP contribution < -0.4 is 0 Å². The normalized spacial score (nSPS) is 26.1. The molecule has 0 spiro atoms. The summed E-state index contributed by atoms with van der Waals surface area (Å²) in [7, 11) is 0. The third kappa shape index (κ3) is 2.11. The van der Waals surface area contributed by atoms with E-state index in [-0.39, 0.29) is 6.42 Å². The number of halogens is 6. The minimum Gasteiger partial charge on any atom is -0.396 e. The third-order valence-corrected chi connectivity index (χ3v) is 2.00. The highest BCUT2D eigenvalue weighted by molar-refractivity contribution is 4.92. The lowest BCUT2D eigenvalue weighted by Gasteiger charge is -2.31. The first-order chi connectivity index (χ1) is 7.14. The van der Waals surface area contributed by atoms with Gasteiger partial charge < -0.3 is 14.6 Å². The molecule has 0 aromatic heterocycles. The summed E-state index contributed by atoms with van der Waals surface area (Å²) in [5, 5.41) is 8.40. The lowest BCUT2D eigenvalue weighted by atomic mass is 10.2.